The van der Waals surface area contributed by atoms with E-state index in [-0.39, 0.29) is 11.7 Å². The van der Waals surface area contributed by atoms with Crippen molar-refractivity contribution in [2.45, 2.75) is 43.6 Å². The van der Waals surface area contributed by atoms with E-state index in [1.807, 2.05) is 17.8 Å². The maximum atomic E-state index is 11.2. The lowest BCUT2D eigenvalue weighted by atomic mass is 9.91. The molecule has 1 amide bonds. The molecule has 0 spiro atoms. The fourth-order valence-electron chi connectivity index (χ4n) is 2.38. The summed E-state index contributed by atoms with van der Waals surface area (Å²) in [6, 6.07) is 3.52. The van der Waals surface area contributed by atoms with Crippen LogP contribution in [0.4, 0.5) is 0 Å². The van der Waals surface area contributed by atoms with Crippen molar-refractivity contribution in [1.29, 1.82) is 0 Å². The van der Waals surface area contributed by atoms with Crippen LogP contribution >= 0.6 is 11.8 Å². The molecule has 1 aliphatic carbocycles. The molecule has 2 rings (SSSR count). The second-order valence-corrected chi connectivity index (χ2v) is 6.23. The molecule has 0 bridgehead atoms. The molecule has 1 fully saturated rings. The number of furan rings is 1. The molecule has 1 aliphatic rings. The molecule has 3 N–H and O–H groups in total. The van der Waals surface area contributed by atoms with Gasteiger partial charge in [-0.05, 0) is 30.9 Å². The smallest absolute Gasteiger partial charge is 0.300 e. The lowest BCUT2D eigenvalue weighted by Crippen LogP contribution is -2.29. The normalized spacial score (nSPS) is 23.9. The minimum atomic E-state index is -0.377. The molecule has 1 heterocycles. The molecule has 0 aliphatic heterocycles. The third kappa shape index (κ3) is 3.53. The van der Waals surface area contributed by atoms with Gasteiger partial charge in [0.25, 0.3) is 0 Å². The van der Waals surface area contributed by atoms with Crippen molar-refractivity contribution in [3.05, 3.63) is 23.7 Å². The molecule has 0 radical (unpaired) electrons. The summed E-state index contributed by atoms with van der Waals surface area (Å²) >= 11 is 1.93. The average molecular weight is 268 g/mol. The number of carbonyl (C=O) groups is 1. The molecule has 2 atom stereocenters. The fraction of sp³-hybridized carbons (Fsp3) is 0.615. The van der Waals surface area contributed by atoms with Crippen molar-refractivity contribution in [1.82, 2.24) is 5.43 Å². The van der Waals surface area contributed by atoms with Gasteiger partial charge in [-0.25, -0.2) is 5.84 Å². The van der Waals surface area contributed by atoms with Gasteiger partial charge >= 0.3 is 5.91 Å². The van der Waals surface area contributed by atoms with Crippen molar-refractivity contribution < 1.29 is 9.21 Å². The Morgan fingerprint density at radius 3 is 3.11 bits per heavy atom. The van der Waals surface area contributed by atoms with Crippen LogP contribution in [0.25, 0.3) is 0 Å². The van der Waals surface area contributed by atoms with E-state index in [4.69, 9.17) is 10.3 Å². The van der Waals surface area contributed by atoms with Gasteiger partial charge < -0.3 is 4.42 Å². The van der Waals surface area contributed by atoms with E-state index < -0.39 is 0 Å². The molecule has 1 aromatic heterocycles. The van der Waals surface area contributed by atoms with Crippen LogP contribution in [0, 0.1) is 5.92 Å². The van der Waals surface area contributed by atoms with Crippen LogP contribution < -0.4 is 11.3 Å². The second kappa shape index (κ2) is 6.29. The Kier molecular flexibility index (Phi) is 4.72. The molecule has 0 saturated heterocycles. The SMILES string of the molecule is CC1CCCC(SCc2ccc(C(=O)NN)o2)C1. The van der Waals surface area contributed by atoms with Gasteiger partial charge in [0.05, 0.1) is 5.75 Å². The Labute approximate surface area is 112 Å². The number of nitrogens with one attached hydrogen (secondary N) is 1. The van der Waals surface area contributed by atoms with Crippen LogP contribution in [0.1, 0.15) is 48.9 Å². The summed E-state index contributed by atoms with van der Waals surface area (Å²) in [5.74, 6) is 7.47. The lowest BCUT2D eigenvalue weighted by Gasteiger charge is -2.25. The first-order chi connectivity index (χ1) is 8.69. The summed E-state index contributed by atoms with van der Waals surface area (Å²) in [6.45, 7) is 2.32. The number of rotatable bonds is 4. The third-order valence-electron chi connectivity index (χ3n) is 3.37. The first-order valence-corrected chi connectivity index (χ1v) is 7.45. The molecule has 18 heavy (non-hydrogen) atoms. The van der Waals surface area contributed by atoms with Gasteiger partial charge in [-0.1, -0.05) is 19.8 Å². The van der Waals surface area contributed by atoms with E-state index in [9.17, 15) is 4.79 Å². The minimum absolute atomic E-state index is 0.283. The summed E-state index contributed by atoms with van der Waals surface area (Å²) in [4.78, 5) is 11.2. The zero-order valence-electron chi connectivity index (χ0n) is 10.6. The van der Waals surface area contributed by atoms with Crippen LogP contribution in [0.15, 0.2) is 16.5 Å². The predicted octanol–water partition coefficient (Wildman–Crippen LogP) is 2.70. The molecule has 5 heteroatoms. The molecular weight excluding hydrogens is 248 g/mol. The van der Waals surface area contributed by atoms with Crippen LogP contribution in [-0.2, 0) is 5.75 Å². The standard InChI is InChI=1S/C13H20N2O2S/c1-9-3-2-4-11(7-9)18-8-10-5-6-12(17-10)13(16)15-14/h5-6,9,11H,2-4,7-8,14H2,1H3,(H,15,16). The van der Waals surface area contributed by atoms with Crippen LogP contribution in [0.3, 0.4) is 0 Å². The quantitative estimate of drug-likeness (QED) is 0.500. The van der Waals surface area contributed by atoms with Crippen molar-refractivity contribution in [3.8, 4) is 0 Å². The van der Waals surface area contributed by atoms with Gasteiger partial charge in [-0.15, -0.1) is 0 Å². The number of hydrogen-bond acceptors (Lipinski definition) is 4. The number of carbonyl (C=O) groups excluding carboxylic acids is 1. The Morgan fingerprint density at radius 2 is 2.39 bits per heavy atom. The molecule has 100 valence electrons. The second-order valence-electron chi connectivity index (χ2n) is 4.94. The number of hydrazine groups is 1. The van der Waals surface area contributed by atoms with Gasteiger partial charge in [-0.3, -0.25) is 10.2 Å². The largest absolute Gasteiger partial charge is 0.455 e. The summed E-state index contributed by atoms with van der Waals surface area (Å²) in [6.07, 6.45) is 5.28. The van der Waals surface area contributed by atoms with Crippen molar-refractivity contribution in [3.63, 3.8) is 0 Å². The first kappa shape index (κ1) is 13.5. The Bertz CT molecular complexity index is 405. The number of nitrogens with two attached hydrogens (primary N) is 1. The van der Waals surface area contributed by atoms with E-state index in [0.29, 0.717) is 0 Å². The molecule has 0 aromatic carbocycles. The van der Waals surface area contributed by atoms with Gasteiger partial charge in [0.1, 0.15) is 5.76 Å². The van der Waals surface area contributed by atoms with E-state index in [1.165, 1.54) is 25.7 Å². The third-order valence-corrected chi connectivity index (χ3v) is 4.72. The van der Waals surface area contributed by atoms with Crippen LogP contribution in [0.2, 0.25) is 0 Å². The van der Waals surface area contributed by atoms with Crippen molar-refractivity contribution >= 4 is 17.7 Å². The highest BCUT2D eigenvalue weighted by molar-refractivity contribution is 7.99. The van der Waals surface area contributed by atoms with Crippen molar-refractivity contribution in [2.24, 2.45) is 11.8 Å². The highest BCUT2D eigenvalue weighted by Gasteiger charge is 2.19. The maximum Gasteiger partial charge on any atom is 0.300 e. The number of nitrogen functional groups attached to an aromatic ring is 1. The van der Waals surface area contributed by atoms with E-state index in [1.54, 1.807) is 6.07 Å². The van der Waals surface area contributed by atoms with E-state index >= 15 is 0 Å². The Balaban J connectivity index is 1.82. The zero-order chi connectivity index (χ0) is 13.0. The fourth-order valence-corrected chi connectivity index (χ4v) is 3.73. The summed E-state index contributed by atoms with van der Waals surface area (Å²) in [7, 11) is 0. The topological polar surface area (TPSA) is 68.3 Å². The molecule has 4 nitrogen and oxygen atoms in total. The molecule has 1 saturated carbocycles. The summed E-state index contributed by atoms with van der Waals surface area (Å²) < 4.78 is 5.44. The highest BCUT2D eigenvalue weighted by atomic mass is 32.2. The van der Waals surface area contributed by atoms with Gasteiger partial charge in [0.2, 0.25) is 0 Å². The average Bonchev–Trinajstić information content (AvgIpc) is 2.84. The number of hydrogen-bond donors (Lipinski definition) is 2. The minimum Gasteiger partial charge on any atom is -0.455 e. The van der Waals surface area contributed by atoms with E-state index in [2.05, 4.69) is 12.3 Å². The molecule has 2 unspecified atom stereocenters. The summed E-state index contributed by atoms with van der Waals surface area (Å²) in [5.41, 5.74) is 2.07. The van der Waals surface area contributed by atoms with Gasteiger partial charge in [-0.2, -0.15) is 11.8 Å². The van der Waals surface area contributed by atoms with Gasteiger partial charge in [0.15, 0.2) is 5.76 Å². The van der Waals surface area contributed by atoms with E-state index in [0.717, 1.165) is 22.7 Å². The monoisotopic (exact) mass is 268 g/mol. The Hall–Kier alpha value is -0.940. The number of thioether (sulfide) groups is 1. The van der Waals surface area contributed by atoms with Crippen LogP contribution in [0.5, 0.6) is 0 Å². The molecular formula is C13H20N2O2S. The predicted molar refractivity (Wildman–Crippen MR) is 73.1 cm³/mol. The van der Waals surface area contributed by atoms with Crippen molar-refractivity contribution in [2.75, 3.05) is 0 Å². The zero-order valence-corrected chi connectivity index (χ0v) is 11.5. The Morgan fingerprint density at radius 1 is 1.56 bits per heavy atom. The molecule has 1 aromatic rings. The number of amides is 1. The summed E-state index contributed by atoms with van der Waals surface area (Å²) in [5, 5.41) is 0.727. The maximum absolute atomic E-state index is 11.2. The van der Waals surface area contributed by atoms with Gasteiger partial charge in [0, 0.05) is 5.25 Å². The van der Waals surface area contributed by atoms with Crippen LogP contribution in [-0.4, -0.2) is 11.2 Å². The lowest BCUT2D eigenvalue weighted by molar-refractivity contribution is 0.0924. The highest BCUT2D eigenvalue weighted by Crippen LogP contribution is 2.33. The first-order valence-electron chi connectivity index (χ1n) is 6.40.